The van der Waals surface area contributed by atoms with E-state index in [1.165, 1.54) is 19.3 Å². The monoisotopic (exact) mass is 397 g/mol. The molecule has 0 aliphatic carbocycles. The minimum absolute atomic E-state index is 0.404. The third-order valence-corrected chi connectivity index (χ3v) is 4.79. The summed E-state index contributed by atoms with van der Waals surface area (Å²) >= 11 is 5.95. The molecule has 1 heterocycles. The number of rotatable bonds is 9. The van der Waals surface area contributed by atoms with Gasteiger partial charge in [0.05, 0.1) is 12.2 Å². The first kappa shape index (κ1) is 20.2. The molecule has 0 spiro atoms. The lowest BCUT2D eigenvalue weighted by atomic mass is 10.0. The highest BCUT2D eigenvalue weighted by atomic mass is 35.5. The topological polar surface area (TPSA) is 47.9 Å². The van der Waals surface area contributed by atoms with E-state index in [2.05, 4.69) is 12.1 Å². The van der Waals surface area contributed by atoms with Crippen molar-refractivity contribution >= 4 is 29.4 Å². The summed E-state index contributed by atoms with van der Waals surface area (Å²) in [6, 6.07) is 14.8. The highest BCUT2D eigenvalue weighted by Gasteiger charge is 2.27. The number of oxime groups is 1. The number of nitrogens with zero attached hydrogens (tertiary/aromatic N) is 1. The first-order chi connectivity index (χ1) is 13.7. The van der Waals surface area contributed by atoms with E-state index in [1.807, 2.05) is 36.4 Å². The van der Waals surface area contributed by atoms with Crippen molar-refractivity contribution in [1.29, 1.82) is 0 Å². The van der Waals surface area contributed by atoms with E-state index in [0.29, 0.717) is 22.9 Å². The lowest BCUT2D eigenvalue weighted by Crippen LogP contribution is -2.07. The zero-order valence-electron chi connectivity index (χ0n) is 16.0. The van der Waals surface area contributed by atoms with E-state index in [0.717, 1.165) is 29.7 Å². The van der Waals surface area contributed by atoms with Crippen LogP contribution in [0.15, 0.2) is 59.3 Å². The Morgan fingerprint density at radius 3 is 2.57 bits per heavy atom. The van der Waals surface area contributed by atoms with Crippen molar-refractivity contribution in [2.45, 2.75) is 39.0 Å². The average Bonchev–Trinajstić information content (AvgIpc) is 3.07. The Morgan fingerprint density at radius 2 is 1.79 bits per heavy atom. The molecule has 0 radical (unpaired) electrons. The summed E-state index contributed by atoms with van der Waals surface area (Å²) in [5.41, 5.74) is 2.50. The molecule has 0 saturated carbocycles. The van der Waals surface area contributed by atoms with Gasteiger partial charge in [-0.15, -0.1) is 0 Å². The molecule has 0 fully saturated rings. The molecule has 4 nitrogen and oxygen atoms in total. The van der Waals surface area contributed by atoms with Crippen LogP contribution in [0.2, 0.25) is 5.02 Å². The molecule has 5 heteroatoms. The van der Waals surface area contributed by atoms with Crippen LogP contribution < -0.4 is 4.74 Å². The van der Waals surface area contributed by atoms with Gasteiger partial charge in [0.2, 0.25) is 0 Å². The van der Waals surface area contributed by atoms with Gasteiger partial charge in [0, 0.05) is 16.1 Å². The molecule has 0 bridgehead atoms. The molecule has 28 heavy (non-hydrogen) atoms. The Balaban J connectivity index is 1.75. The molecular formula is C23H24ClNO3. The minimum atomic E-state index is -0.473. The molecule has 0 atom stereocenters. The number of benzene rings is 2. The maximum absolute atomic E-state index is 12.2. The largest absolute Gasteiger partial charge is 0.493 e. The molecule has 0 unspecified atom stereocenters. The second kappa shape index (κ2) is 10.1. The third kappa shape index (κ3) is 5.23. The van der Waals surface area contributed by atoms with Gasteiger partial charge < -0.3 is 9.57 Å². The van der Waals surface area contributed by atoms with E-state index < -0.39 is 5.97 Å². The van der Waals surface area contributed by atoms with Crippen molar-refractivity contribution in [2.24, 2.45) is 5.16 Å². The van der Waals surface area contributed by atoms with E-state index >= 15 is 0 Å². The first-order valence-electron chi connectivity index (χ1n) is 9.68. The lowest BCUT2D eigenvalue weighted by molar-refractivity contribution is -0.136. The van der Waals surface area contributed by atoms with Gasteiger partial charge in [-0.2, -0.15) is 0 Å². The quantitative estimate of drug-likeness (QED) is 0.294. The zero-order chi connectivity index (χ0) is 19.8. The maximum atomic E-state index is 12.2. The van der Waals surface area contributed by atoms with Crippen LogP contribution in [0.1, 0.15) is 50.2 Å². The van der Waals surface area contributed by atoms with Crippen LogP contribution in [-0.4, -0.2) is 18.3 Å². The van der Waals surface area contributed by atoms with Crippen molar-refractivity contribution in [3.63, 3.8) is 0 Å². The maximum Gasteiger partial charge on any atom is 0.368 e. The van der Waals surface area contributed by atoms with Crippen LogP contribution in [0, 0.1) is 0 Å². The van der Waals surface area contributed by atoms with Crippen LogP contribution in [0.5, 0.6) is 5.75 Å². The van der Waals surface area contributed by atoms with Crippen molar-refractivity contribution in [1.82, 2.24) is 0 Å². The molecule has 0 saturated heterocycles. The van der Waals surface area contributed by atoms with Crippen LogP contribution in [0.3, 0.4) is 0 Å². The predicted octanol–water partition coefficient (Wildman–Crippen LogP) is 6.03. The standard InChI is InChI=1S/C23H24ClNO3/c1-2-3-4-5-8-15-27-21-10-7-6-9-18(21)16-20-22(25-28-23(20)26)17-11-13-19(24)14-12-17/h6-7,9-14,16H,2-5,8,15H2,1H3/b20-16-. The lowest BCUT2D eigenvalue weighted by Gasteiger charge is -2.10. The number of halogens is 1. The molecule has 146 valence electrons. The van der Waals surface area contributed by atoms with E-state index in [1.54, 1.807) is 18.2 Å². The van der Waals surface area contributed by atoms with Gasteiger partial charge in [-0.05, 0) is 30.7 Å². The highest BCUT2D eigenvalue weighted by Crippen LogP contribution is 2.26. The minimum Gasteiger partial charge on any atom is -0.493 e. The third-order valence-electron chi connectivity index (χ3n) is 4.54. The summed E-state index contributed by atoms with van der Waals surface area (Å²) in [5, 5.41) is 4.57. The van der Waals surface area contributed by atoms with Crippen molar-refractivity contribution in [2.75, 3.05) is 6.61 Å². The molecule has 3 rings (SSSR count). The average molecular weight is 398 g/mol. The summed E-state index contributed by atoms with van der Waals surface area (Å²) < 4.78 is 5.97. The van der Waals surface area contributed by atoms with Gasteiger partial charge in [0.25, 0.3) is 0 Å². The molecule has 0 aromatic heterocycles. The summed E-state index contributed by atoms with van der Waals surface area (Å²) in [6.07, 6.45) is 7.68. The van der Waals surface area contributed by atoms with E-state index in [9.17, 15) is 4.79 Å². The fourth-order valence-electron chi connectivity index (χ4n) is 3.00. The second-order valence-electron chi connectivity index (χ2n) is 6.68. The smallest absolute Gasteiger partial charge is 0.368 e. The predicted molar refractivity (Wildman–Crippen MR) is 113 cm³/mol. The van der Waals surface area contributed by atoms with Crippen LogP contribution >= 0.6 is 11.6 Å². The molecule has 0 amide bonds. The SMILES string of the molecule is CCCCCCCOc1ccccc1/C=C1\C(=O)ON=C1c1ccc(Cl)cc1. The summed E-state index contributed by atoms with van der Waals surface area (Å²) in [7, 11) is 0. The molecule has 2 aromatic carbocycles. The van der Waals surface area contributed by atoms with Crippen LogP contribution in [-0.2, 0) is 9.63 Å². The number of hydrogen-bond acceptors (Lipinski definition) is 4. The summed E-state index contributed by atoms with van der Waals surface area (Å²) in [6.45, 7) is 2.86. The van der Waals surface area contributed by atoms with E-state index in [4.69, 9.17) is 21.2 Å². The number of para-hydroxylation sites is 1. The number of carbonyl (C=O) groups is 1. The van der Waals surface area contributed by atoms with E-state index in [-0.39, 0.29) is 0 Å². The van der Waals surface area contributed by atoms with Gasteiger partial charge >= 0.3 is 5.97 Å². The molecular weight excluding hydrogens is 374 g/mol. The van der Waals surface area contributed by atoms with Crippen molar-refractivity contribution in [3.8, 4) is 5.75 Å². The number of unbranched alkanes of at least 4 members (excludes halogenated alkanes) is 4. The first-order valence-corrected chi connectivity index (χ1v) is 10.1. The highest BCUT2D eigenvalue weighted by molar-refractivity contribution is 6.32. The van der Waals surface area contributed by atoms with Crippen LogP contribution in [0.25, 0.3) is 6.08 Å². The van der Waals surface area contributed by atoms with Crippen LogP contribution in [0.4, 0.5) is 0 Å². The molecule has 2 aromatic rings. The zero-order valence-corrected chi connectivity index (χ0v) is 16.7. The summed E-state index contributed by atoms with van der Waals surface area (Å²) in [5.74, 6) is 0.278. The molecule has 1 aliphatic heterocycles. The van der Waals surface area contributed by atoms with Gasteiger partial charge in [0.1, 0.15) is 11.5 Å². The van der Waals surface area contributed by atoms with Gasteiger partial charge in [-0.1, -0.05) is 79.7 Å². The Morgan fingerprint density at radius 1 is 1.04 bits per heavy atom. The van der Waals surface area contributed by atoms with Crippen molar-refractivity contribution in [3.05, 3.63) is 70.3 Å². The summed E-state index contributed by atoms with van der Waals surface area (Å²) in [4.78, 5) is 17.1. The van der Waals surface area contributed by atoms with Crippen molar-refractivity contribution < 1.29 is 14.4 Å². The Bertz CT molecular complexity index is 872. The Hall–Kier alpha value is -2.59. The van der Waals surface area contributed by atoms with Gasteiger partial charge in [-0.25, -0.2) is 4.79 Å². The number of ether oxygens (including phenoxy) is 1. The van der Waals surface area contributed by atoms with Gasteiger partial charge in [-0.3, -0.25) is 0 Å². The fourth-order valence-corrected chi connectivity index (χ4v) is 3.13. The molecule has 1 aliphatic rings. The normalized spacial score (nSPS) is 14.9. The Labute approximate surface area is 170 Å². The second-order valence-corrected chi connectivity index (χ2v) is 7.12. The number of hydrogen-bond donors (Lipinski definition) is 0. The fraction of sp³-hybridized carbons (Fsp3) is 0.304. The number of carbonyl (C=O) groups excluding carboxylic acids is 1. The Kier molecular flexibility index (Phi) is 7.26. The molecule has 0 N–H and O–H groups in total. The van der Waals surface area contributed by atoms with Gasteiger partial charge in [0.15, 0.2) is 0 Å².